The average molecular weight is 412 g/mol. The molecule has 160 valence electrons. The Bertz CT molecular complexity index is 803. The fourth-order valence-corrected chi connectivity index (χ4v) is 3.26. The third-order valence-electron chi connectivity index (χ3n) is 5.04. The number of nitrogens with zero attached hydrogens (tertiary/aromatic N) is 1. The molecular weight excluding hydrogens is 382 g/mol. The Morgan fingerprint density at radius 1 is 0.933 bits per heavy atom. The molecule has 0 unspecified atom stereocenters. The number of likely N-dealkylation sites (tertiary alicyclic amines) is 1. The second-order valence-electron chi connectivity index (χ2n) is 7.48. The van der Waals surface area contributed by atoms with Gasteiger partial charge in [-0.15, -0.1) is 0 Å². The number of aliphatic hydroxyl groups is 1. The van der Waals surface area contributed by atoms with E-state index in [0.29, 0.717) is 12.3 Å². The lowest BCUT2D eigenvalue weighted by Gasteiger charge is -2.29. The number of hydrogen-bond donors (Lipinski definition) is 3. The van der Waals surface area contributed by atoms with Crippen LogP contribution in [0.3, 0.4) is 0 Å². The van der Waals surface area contributed by atoms with E-state index >= 15 is 0 Å². The Kier molecular flexibility index (Phi) is 8.23. The predicted molar refractivity (Wildman–Crippen MR) is 114 cm³/mol. The Morgan fingerprint density at radius 3 is 2.30 bits per heavy atom. The zero-order chi connectivity index (χ0) is 21.2. The standard InChI is InChI=1S/C23H29N3O4/c27-20-10-12-26(13-11-20)16-19-8-6-18(7-9-19)14-24-22(28)15-25-23(29)17-30-21-4-2-1-3-5-21/h1-9,20,27H,10-17H2,(H,24,28)(H,25,29). The number of carbonyl (C=O) groups is 2. The second kappa shape index (κ2) is 11.3. The lowest BCUT2D eigenvalue weighted by Crippen LogP contribution is -2.38. The van der Waals surface area contributed by atoms with Crippen LogP contribution in [0.4, 0.5) is 0 Å². The first-order valence-electron chi connectivity index (χ1n) is 10.3. The van der Waals surface area contributed by atoms with Gasteiger partial charge in [-0.05, 0) is 36.1 Å². The summed E-state index contributed by atoms with van der Waals surface area (Å²) in [6.45, 7) is 2.90. The summed E-state index contributed by atoms with van der Waals surface area (Å²) in [5.74, 6) is 0.0148. The quantitative estimate of drug-likeness (QED) is 0.581. The molecule has 2 aromatic carbocycles. The maximum atomic E-state index is 12.0. The first-order valence-corrected chi connectivity index (χ1v) is 10.3. The number of carbonyl (C=O) groups excluding carboxylic acids is 2. The highest BCUT2D eigenvalue weighted by Crippen LogP contribution is 2.14. The summed E-state index contributed by atoms with van der Waals surface area (Å²) in [4.78, 5) is 26.1. The number of piperidine rings is 1. The smallest absolute Gasteiger partial charge is 0.258 e. The number of amides is 2. The molecule has 2 amide bonds. The van der Waals surface area contributed by atoms with E-state index < -0.39 is 0 Å². The summed E-state index contributed by atoms with van der Waals surface area (Å²) >= 11 is 0. The highest BCUT2D eigenvalue weighted by Gasteiger charge is 2.16. The first-order chi connectivity index (χ1) is 14.6. The number of ether oxygens (including phenoxy) is 1. The van der Waals surface area contributed by atoms with E-state index in [1.54, 1.807) is 12.1 Å². The third-order valence-corrected chi connectivity index (χ3v) is 5.04. The molecule has 7 heteroatoms. The topological polar surface area (TPSA) is 90.9 Å². The summed E-state index contributed by atoms with van der Waals surface area (Å²) in [6, 6.07) is 17.2. The molecule has 3 N–H and O–H groups in total. The van der Waals surface area contributed by atoms with Crippen LogP contribution in [-0.2, 0) is 22.7 Å². The van der Waals surface area contributed by atoms with Gasteiger partial charge in [0, 0.05) is 26.2 Å². The third kappa shape index (κ3) is 7.50. The van der Waals surface area contributed by atoms with Gasteiger partial charge in [-0.1, -0.05) is 42.5 Å². The minimum absolute atomic E-state index is 0.0874. The largest absolute Gasteiger partial charge is 0.484 e. The van der Waals surface area contributed by atoms with Crippen molar-refractivity contribution in [3.05, 3.63) is 65.7 Å². The van der Waals surface area contributed by atoms with Gasteiger partial charge in [0.05, 0.1) is 12.6 Å². The van der Waals surface area contributed by atoms with Crippen molar-refractivity contribution in [1.82, 2.24) is 15.5 Å². The molecule has 1 saturated heterocycles. The van der Waals surface area contributed by atoms with Crippen LogP contribution in [0.15, 0.2) is 54.6 Å². The Morgan fingerprint density at radius 2 is 1.60 bits per heavy atom. The van der Waals surface area contributed by atoms with Gasteiger partial charge in [-0.3, -0.25) is 14.5 Å². The molecule has 30 heavy (non-hydrogen) atoms. The molecule has 0 radical (unpaired) electrons. The molecule has 7 nitrogen and oxygen atoms in total. The monoisotopic (exact) mass is 411 g/mol. The van der Waals surface area contributed by atoms with Crippen molar-refractivity contribution in [2.45, 2.75) is 32.0 Å². The fraction of sp³-hybridized carbons (Fsp3) is 0.391. The van der Waals surface area contributed by atoms with E-state index in [9.17, 15) is 14.7 Å². The highest BCUT2D eigenvalue weighted by molar-refractivity contribution is 5.85. The Hall–Kier alpha value is -2.90. The number of nitrogens with one attached hydrogen (secondary N) is 2. The molecule has 0 atom stereocenters. The summed E-state index contributed by atoms with van der Waals surface area (Å²) in [7, 11) is 0. The number of benzene rings is 2. The Labute approximate surface area is 177 Å². The molecule has 0 aromatic heterocycles. The molecule has 1 aliphatic heterocycles. The van der Waals surface area contributed by atoms with Crippen molar-refractivity contribution in [1.29, 1.82) is 0 Å². The SMILES string of the molecule is O=C(CNC(=O)COc1ccccc1)NCc1ccc(CN2CCC(O)CC2)cc1. The van der Waals surface area contributed by atoms with Crippen molar-refractivity contribution in [3.63, 3.8) is 0 Å². The van der Waals surface area contributed by atoms with Gasteiger partial charge in [0.2, 0.25) is 5.91 Å². The zero-order valence-corrected chi connectivity index (χ0v) is 17.0. The number of aliphatic hydroxyl groups excluding tert-OH is 1. The summed E-state index contributed by atoms with van der Waals surface area (Å²) < 4.78 is 5.34. The molecule has 0 aliphatic carbocycles. The van der Waals surface area contributed by atoms with Crippen molar-refractivity contribution in [3.8, 4) is 5.75 Å². The first kappa shape index (κ1) is 21.8. The van der Waals surface area contributed by atoms with Gasteiger partial charge < -0.3 is 20.5 Å². The van der Waals surface area contributed by atoms with Crippen LogP contribution in [0.1, 0.15) is 24.0 Å². The molecule has 1 heterocycles. The normalized spacial score (nSPS) is 14.8. The zero-order valence-electron chi connectivity index (χ0n) is 17.0. The Balaban J connectivity index is 1.31. The molecule has 0 spiro atoms. The molecule has 3 rings (SSSR count). The lowest BCUT2D eigenvalue weighted by atomic mass is 10.1. The van der Waals surface area contributed by atoms with Crippen LogP contribution in [0.25, 0.3) is 0 Å². The van der Waals surface area contributed by atoms with Gasteiger partial charge >= 0.3 is 0 Å². The van der Waals surface area contributed by atoms with Gasteiger partial charge in [0.15, 0.2) is 6.61 Å². The lowest BCUT2D eigenvalue weighted by molar-refractivity contribution is -0.127. The van der Waals surface area contributed by atoms with Crippen LogP contribution in [-0.4, -0.2) is 54.2 Å². The summed E-state index contributed by atoms with van der Waals surface area (Å²) in [5, 5.41) is 14.9. The van der Waals surface area contributed by atoms with Crippen molar-refractivity contribution in [2.75, 3.05) is 26.2 Å². The molecule has 2 aromatic rings. The number of rotatable bonds is 9. The number of hydrogen-bond acceptors (Lipinski definition) is 5. The van der Waals surface area contributed by atoms with Crippen molar-refractivity contribution < 1.29 is 19.4 Å². The molecule has 1 aliphatic rings. The number of para-hydroxylation sites is 1. The van der Waals surface area contributed by atoms with Gasteiger partial charge in [-0.25, -0.2) is 0 Å². The fourth-order valence-electron chi connectivity index (χ4n) is 3.26. The van der Waals surface area contributed by atoms with E-state index in [1.165, 1.54) is 5.56 Å². The summed E-state index contributed by atoms with van der Waals surface area (Å²) in [5.41, 5.74) is 2.21. The van der Waals surface area contributed by atoms with Crippen LogP contribution in [0.5, 0.6) is 5.75 Å². The minimum Gasteiger partial charge on any atom is -0.484 e. The second-order valence-corrected chi connectivity index (χ2v) is 7.48. The molecule has 0 saturated carbocycles. The van der Waals surface area contributed by atoms with E-state index in [0.717, 1.165) is 38.0 Å². The molecule has 1 fully saturated rings. The maximum absolute atomic E-state index is 12.0. The van der Waals surface area contributed by atoms with Crippen LogP contribution < -0.4 is 15.4 Å². The highest BCUT2D eigenvalue weighted by atomic mass is 16.5. The molecule has 0 bridgehead atoms. The van der Waals surface area contributed by atoms with E-state index in [2.05, 4.69) is 27.7 Å². The van der Waals surface area contributed by atoms with E-state index in [-0.39, 0.29) is 31.1 Å². The average Bonchev–Trinajstić information content (AvgIpc) is 2.78. The summed E-state index contributed by atoms with van der Waals surface area (Å²) in [6.07, 6.45) is 1.51. The van der Waals surface area contributed by atoms with Gasteiger partial charge in [0.1, 0.15) is 5.75 Å². The van der Waals surface area contributed by atoms with Crippen LogP contribution in [0, 0.1) is 0 Å². The predicted octanol–water partition coefficient (Wildman–Crippen LogP) is 1.45. The van der Waals surface area contributed by atoms with Crippen LogP contribution in [0.2, 0.25) is 0 Å². The van der Waals surface area contributed by atoms with E-state index in [4.69, 9.17) is 4.74 Å². The van der Waals surface area contributed by atoms with Crippen molar-refractivity contribution in [2.24, 2.45) is 0 Å². The van der Waals surface area contributed by atoms with E-state index in [1.807, 2.05) is 30.3 Å². The van der Waals surface area contributed by atoms with Gasteiger partial charge in [-0.2, -0.15) is 0 Å². The molecular formula is C23H29N3O4. The van der Waals surface area contributed by atoms with Crippen LogP contribution >= 0.6 is 0 Å². The van der Waals surface area contributed by atoms with Crippen molar-refractivity contribution >= 4 is 11.8 Å². The minimum atomic E-state index is -0.344. The maximum Gasteiger partial charge on any atom is 0.258 e. The van der Waals surface area contributed by atoms with Gasteiger partial charge in [0.25, 0.3) is 5.91 Å².